The Hall–Kier alpha value is -2.14. The third kappa shape index (κ3) is 4.48. The molecule has 1 N–H and O–H groups in total. The lowest BCUT2D eigenvalue weighted by Gasteiger charge is -2.28. The van der Waals surface area contributed by atoms with Gasteiger partial charge in [0.2, 0.25) is 0 Å². The van der Waals surface area contributed by atoms with Gasteiger partial charge in [0.15, 0.2) is 0 Å². The Balaban J connectivity index is 1.76. The largest absolute Gasteiger partial charge is 0.497 e. The molecule has 0 bridgehead atoms. The number of aromatic nitrogens is 2. The zero-order valence-corrected chi connectivity index (χ0v) is 15.5. The van der Waals surface area contributed by atoms with Gasteiger partial charge in [-0.25, -0.2) is 9.97 Å². The van der Waals surface area contributed by atoms with Crippen LogP contribution in [0.3, 0.4) is 0 Å². The van der Waals surface area contributed by atoms with E-state index in [2.05, 4.69) is 39.2 Å². The van der Waals surface area contributed by atoms with Crippen LogP contribution in [-0.4, -0.2) is 41.6 Å². The van der Waals surface area contributed by atoms with Gasteiger partial charge in [-0.1, -0.05) is 19.1 Å². The summed E-state index contributed by atoms with van der Waals surface area (Å²) in [6.07, 6.45) is 3.41. The standard InChI is InChI=1S/C20H28N4O/c1-4-19-22-15(2)13-20(23-19)21-14-18(24-11-5-6-12-24)16-7-9-17(25-3)10-8-16/h7-10,13,18H,4-6,11-12,14H2,1-3H3,(H,21,22,23)/t18-/m0/s1. The SMILES string of the molecule is CCc1nc(C)cc(NC[C@@H](c2ccc(OC)cc2)N2CCCC2)n1. The molecule has 1 aromatic carbocycles. The van der Waals surface area contributed by atoms with Crippen LogP contribution in [0.4, 0.5) is 5.82 Å². The lowest BCUT2D eigenvalue weighted by Crippen LogP contribution is -2.31. The van der Waals surface area contributed by atoms with Crippen LogP contribution in [0.1, 0.15) is 42.9 Å². The maximum absolute atomic E-state index is 5.30. The molecule has 0 spiro atoms. The van der Waals surface area contributed by atoms with Crippen molar-refractivity contribution >= 4 is 5.82 Å². The highest BCUT2D eigenvalue weighted by Gasteiger charge is 2.23. The maximum Gasteiger partial charge on any atom is 0.130 e. The zero-order valence-electron chi connectivity index (χ0n) is 15.5. The molecule has 1 saturated heterocycles. The number of anilines is 1. The number of ether oxygens (including phenoxy) is 1. The quantitative estimate of drug-likeness (QED) is 0.834. The molecule has 1 aromatic heterocycles. The highest BCUT2D eigenvalue weighted by Crippen LogP contribution is 2.27. The predicted molar refractivity (Wildman–Crippen MR) is 101 cm³/mol. The van der Waals surface area contributed by atoms with Gasteiger partial charge in [0.25, 0.3) is 0 Å². The van der Waals surface area contributed by atoms with Crippen LogP contribution in [0.5, 0.6) is 5.75 Å². The molecular weight excluding hydrogens is 312 g/mol. The van der Waals surface area contributed by atoms with Crippen molar-refractivity contribution in [1.82, 2.24) is 14.9 Å². The zero-order chi connectivity index (χ0) is 17.6. The number of likely N-dealkylation sites (tertiary alicyclic amines) is 1. The predicted octanol–water partition coefficient (Wildman–Crippen LogP) is 3.61. The van der Waals surface area contributed by atoms with E-state index in [1.807, 2.05) is 25.1 Å². The van der Waals surface area contributed by atoms with Gasteiger partial charge < -0.3 is 10.1 Å². The highest BCUT2D eigenvalue weighted by atomic mass is 16.5. The monoisotopic (exact) mass is 340 g/mol. The van der Waals surface area contributed by atoms with Gasteiger partial charge in [0.05, 0.1) is 13.2 Å². The van der Waals surface area contributed by atoms with Crippen molar-refractivity contribution in [3.8, 4) is 5.75 Å². The lowest BCUT2D eigenvalue weighted by atomic mass is 10.1. The third-order valence-electron chi connectivity index (χ3n) is 4.78. The van der Waals surface area contributed by atoms with E-state index in [0.29, 0.717) is 6.04 Å². The summed E-state index contributed by atoms with van der Waals surface area (Å²) in [5.41, 5.74) is 2.33. The molecule has 2 aromatic rings. The van der Waals surface area contributed by atoms with E-state index in [4.69, 9.17) is 4.74 Å². The fraction of sp³-hybridized carbons (Fsp3) is 0.500. The number of aryl methyl sites for hydroxylation is 2. The second kappa shape index (κ2) is 8.30. The Labute approximate surface area is 150 Å². The molecule has 2 heterocycles. The summed E-state index contributed by atoms with van der Waals surface area (Å²) in [5.74, 6) is 2.71. The fourth-order valence-electron chi connectivity index (χ4n) is 3.42. The normalized spacial score (nSPS) is 16.0. The number of methoxy groups -OCH3 is 1. The second-order valence-electron chi connectivity index (χ2n) is 6.58. The Morgan fingerprint density at radius 3 is 2.52 bits per heavy atom. The minimum Gasteiger partial charge on any atom is -0.497 e. The molecule has 0 aliphatic carbocycles. The molecule has 1 aliphatic rings. The van der Waals surface area contributed by atoms with Gasteiger partial charge in [-0.2, -0.15) is 0 Å². The van der Waals surface area contributed by atoms with E-state index in [9.17, 15) is 0 Å². The average Bonchev–Trinajstić information content (AvgIpc) is 3.16. The van der Waals surface area contributed by atoms with Crippen molar-refractivity contribution in [3.05, 3.63) is 47.4 Å². The topological polar surface area (TPSA) is 50.3 Å². The van der Waals surface area contributed by atoms with E-state index >= 15 is 0 Å². The Morgan fingerprint density at radius 1 is 1.16 bits per heavy atom. The first-order valence-electron chi connectivity index (χ1n) is 9.16. The summed E-state index contributed by atoms with van der Waals surface area (Å²) in [7, 11) is 1.71. The van der Waals surface area contributed by atoms with E-state index in [0.717, 1.165) is 49.1 Å². The molecule has 0 saturated carbocycles. The van der Waals surface area contributed by atoms with Crippen LogP contribution < -0.4 is 10.1 Å². The highest BCUT2D eigenvalue weighted by molar-refractivity contribution is 5.37. The van der Waals surface area contributed by atoms with Crippen LogP contribution in [0.2, 0.25) is 0 Å². The van der Waals surface area contributed by atoms with Gasteiger partial charge in [-0.3, -0.25) is 4.90 Å². The number of rotatable bonds is 7. The molecule has 134 valence electrons. The summed E-state index contributed by atoms with van der Waals surface area (Å²) >= 11 is 0. The maximum atomic E-state index is 5.30. The molecular formula is C20H28N4O. The number of nitrogens with zero attached hydrogens (tertiary/aromatic N) is 3. The van der Waals surface area contributed by atoms with Crippen LogP contribution in [0.15, 0.2) is 30.3 Å². The van der Waals surface area contributed by atoms with E-state index in [1.165, 1.54) is 18.4 Å². The van der Waals surface area contributed by atoms with Crippen LogP contribution in [0.25, 0.3) is 0 Å². The van der Waals surface area contributed by atoms with Gasteiger partial charge >= 0.3 is 0 Å². The fourth-order valence-corrected chi connectivity index (χ4v) is 3.42. The van der Waals surface area contributed by atoms with Crippen LogP contribution >= 0.6 is 0 Å². The van der Waals surface area contributed by atoms with Crippen LogP contribution in [-0.2, 0) is 6.42 Å². The van der Waals surface area contributed by atoms with Gasteiger partial charge in [-0.15, -0.1) is 0 Å². The minimum atomic E-state index is 0.341. The van der Waals surface area contributed by atoms with E-state index in [-0.39, 0.29) is 0 Å². The Bertz CT molecular complexity index is 681. The smallest absolute Gasteiger partial charge is 0.130 e. The number of hydrogen-bond donors (Lipinski definition) is 1. The summed E-state index contributed by atoms with van der Waals surface area (Å²) in [6, 6.07) is 10.8. The molecule has 5 heteroatoms. The minimum absolute atomic E-state index is 0.341. The molecule has 0 amide bonds. The van der Waals surface area contributed by atoms with E-state index < -0.39 is 0 Å². The van der Waals surface area contributed by atoms with Crippen molar-refractivity contribution in [3.63, 3.8) is 0 Å². The van der Waals surface area contributed by atoms with Crippen molar-refractivity contribution in [1.29, 1.82) is 0 Å². The van der Waals surface area contributed by atoms with E-state index in [1.54, 1.807) is 7.11 Å². The summed E-state index contributed by atoms with van der Waals surface area (Å²) in [6.45, 7) is 7.26. The summed E-state index contributed by atoms with van der Waals surface area (Å²) < 4.78 is 5.30. The first kappa shape index (κ1) is 17.7. The second-order valence-corrected chi connectivity index (χ2v) is 6.58. The van der Waals surface area contributed by atoms with Crippen molar-refractivity contribution in [2.45, 2.75) is 39.2 Å². The summed E-state index contributed by atoms with van der Waals surface area (Å²) in [5, 5.41) is 3.54. The van der Waals surface area contributed by atoms with Crippen molar-refractivity contribution < 1.29 is 4.74 Å². The molecule has 3 rings (SSSR count). The number of nitrogens with one attached hydrogen (secondary N) is 1. The molecule has 1 fully saturated rings. The first-order valence-corrected chi connectivity index (χ1v) is 9.16. The molecule has 25 heavy (non-hydrogen) atoms. The molecule has 0 unspecified atom stereocenters. The average molecular weight is 340 g/mol. The number of benzene rings is 1. The Morgan fingerprint density at radius 2 is 1.88 bits per heavy atom. The number of hydrogen-bond acceptors (Lipinski definition) is 5. The van der Waals surface area contributed by atoms with Crippen molar-refractivity contribution in [2.75, 3.05) is 32.1 Å². The molecule has 1 atom stereocenters. The molecule has 5 nitrogen and oxygen atoms in total. The first-order chi connectivity index (χ1) is 12.2. The van der Waals surface area contributed by atoms with Gasteiger partial charge in [0, 0.05) is 24.7 Å². The lowest BCUT2D eigenvalue weighted by molar-refractivity contribution is 0.255. The summed E-state index contributed by atoms with van der Waals surface area (Å²) in [4.78, 5) is 11.6. The van der Waals surface area contributed by atoms with Crippen LogP contribution in [0, 0.1) is 6.92 Å². The molecule has 1 aliphatic heterocycles. The van der Waals surface area contributed by atoms with Crippen molar-refractivity contribution in [2.24, 2.45) is 0 Å². The van der Waals surface area contributed by atoms with Gasteiger partial charge in [-0.05, 0) is 50.6 Å². The third-order valence-corrected chi connectivity index (χ3v) is 4.78. The molecule has 0 radical (unpaired) electrons. The van der Waals surface area contributed by atoms with Gasteiger partial charge in [0.1, 0.15) is 17.4 Å². The Kier molecular flexibility index (Phi) is 5.87.